The smallest absolute Gasteiger partial charge is 0.255 e. The molecule has 208 valence electrons. The van der Waals surface area contributed by atoms with Crippen molar-refractivity contribution < 1.29 is 34.2 Å². The van der Waals surface area contributed by atoms with Crippen LogP contribution in [-0.4, -0.2) is 101 Å². The minimum absolute atomic E-state index is 0.00517. The Bertz CT molecular complexity index is 1430. The van der Waals surface area contributed by atoms with Crippen molar-refractivity contribution in [3.05, 3.63) is 45.7 Å². The summed E-state index contributed by atoms with van der Waals surface area (Å²) in [6.45, 7) is 0.717. The number of aromatic hydroxyl groups is 1. The number of benzene rings is 1. The summed E-state index contributed by atoms with van der Waals surface area (Å²) in [5, 5.41) is 43.9. The summed E-state index contributed by atoms with van der Waals surface area (Å²) in [6, 6.07) is 3.48. The summed E-state index contributed by atoms with van der Waals surface area (Å²) in [7, 11) is 9.03. The number of nitriles is 1. The molecular formula is C27H35N6O6+. The van der Waals surface area contributed by atoms with Crippen molar-refractivity contribution in [2.75, 3.05) is 41.8 Å². The van der Waals surface area contributed by atoms with Crippen LogP contribution in [0.15, 0.2) is 29.0 Å². The molecule has 0 saturated heterocycles. The summed E-state index contributed by atoms with van der Waals surface area (Å²) in [4.78, 5) is 41.4. The molecule has 1 aromatic rings. The number of rotatable bonds is 5. The zero-order valence-electron chi connectivity index (χ0n) is 22.7. The third-order valence-electron chi connectivity index (χ3n) is 8.28. The topological polar surface area (TPSA) is 217 Å². The fraction of sp³-hybridized carbons (Fsp3) is 0.481. The molecule has 9 N–H and O–H groups in total. The number of amides is 1. The zero-order chi connectivity index (χ0) is 29.5. The first kappa shape index (κ1) is 28.3. The van der Waals surface area contributed by atoms with Gasteiger partial charge < -0.3 is 37.0 Å². The Kier molecular flexibility index (Phi) is 6.25. The van der Waals surface area contributed by atoms with Crippen LogP contribution in [0.25, 0.3) is 5.76 Å². The van der Waals surface area contributed by atoms with Crippen molar-refractivity contribution in [2.24, 2.45) is 22.6 Å². The summed E-state index contributed by atoms with van der Waals surface area (Å²) >= 11 is 0. The van der Waals surface area contributed by atoms with E-state index in [4.69, 9.17) is 17.2 Å². The number of likely N-dealkylation sites (N-methyl/N-ethyl adjacent to an activating group) is 2. The monoisotopic (exact) mass is 539 g/mol. The van der Waals surface area contributed by atoms with Crippen LogP contribution in [0.3, 0.4) is 0 Å². The quantitative estimate of drug-likeness (QED) is 0.201. The summed E-state index contributed by atoms with van der Waals surface area (Å²) in [6.07, 6.45) is 0.127. The van der Waals surface area contributed by atoms with Crippen LogP contribution in [0.1, 0.15) is 23.1 Å². The highest BCUT2D eigenvalue weighted by molar-refractivity contribution is 6.25. The van der Waals surface area contributed by atoms with Crippen molar-refractivity contribution in [3.63, 3.8) is 0 Å². The first-order valence-corrected chi connectivity index (χ1v) is 12.4. The summed E-state index contributed by atoms with van der Waals surface area (Å²) in [5.41, 5.74) is 12.7. The molecule has 0 aliphatic heterocycles. The van der Waals surface area contributed by atoms with E-state index in [0.717, 1.165) is 12.1 Å². The van der Waals surface area contributed by atoms with Crippen LogP contribution in [0, 0.1) is 16.7 Å². The predicted molar refractivity (Wildman–Crippen MR) is 141 cm³/mol. The van der Waals surface area contributed by atoms with Gasteiger partial charge in [-0.05, 0) is 44.1 Å². The van der Waals surface area contributed by atoms with Crippen molar-refractivity contribution in [1.29, 1.82) is 5.26 Å². The number of fused-ring (bicyclic) bond motifs is 3. The first-order chi connectivity index (χ1) is 17.9. The van der Waals surface area contributed by atoms with Gasteiger partial charge in [-0.2, -0.15) is 5.26 Å². The second kappa shape index (κ2) is 8.62. The first-order valence-electron chi connectivity index (χ1n) is 12.4. The predicted octanol–water partition coefficient (Wildman–Crippen LogP) is -0.846. The van der Waals surface area contributed by atoms with Crippen molar-refractivity contribution in [2.45, 2.75) is 36.4 Å². The largest absolute Gasteiger partial charge is 0.509 e. The van der Waals surface area contributed by atoms with Crippen molar-refractivity contribution in [1.82, 2.24) is 4.90 Å². The fourth-order valence-electron chi connectivity index (χ4n) is 6.58. The Hall–Kier alpha value is -3.76. The van der Waals surface area contributed by atoms with Gasteiger partial charge in [0.05, 0.1) is 62.0 Å². The van der Waals surface area contributed by atoms with Gasteiger partial charge >= 0.3 is 0 Å². The fourth-order valence-corrected chi connectivity index (χ4v) is 6.58. The Morgan fingerprint density at radius 2 is 1.79 bits per heavy atom. The summed E-state index contributed by atoms with van der Waals surface area (Å²) < 4.78 is 0.645. The van der Waals surface area contributed by atoms with E-state index in [1.54, 1.807) is 12.1 Å². The lowest BCUT2D eigenvalue weighted by Crippen LogP contribution is -2.80. The van der Waals surface area contributed by atoms with Crippen LogP contribution in [0.5, 0.6) is 5.75 Å². The molecule has 0 bridgehead atoms. The van der Waals surface area contributed by atoms with Gasteiger partial charge in [-0.3, -0.25) is 19.3 Å². The minimum atomic E-state index is -2.67. The second-order valence-corrected chi connectivity index (χ2v) is 12.1. The molecule has 1 fully saturated rings. The lowest BCUT2D eigenvalue weighted by atomic mass is 9.47. The van der Waals surface area contributed by atoms with E-state index in [2.05, 4.69) is 0 Å². The molecule has 3 aliphatic carbocycles. The highest BCUT2D eigenvalue weighted by Crippen LogP contribution is 2.58. The molecule has 4 atom stereocenters. The molecule has 3 aliphatic rings. The number of aliphatic hydroxyl groups is 2. The Balaban J connectivity index is 2.06. The maximum absolute atomic E-state index is 14.3. The number of nitrogens with zero attached hydrogens (tertiary/aromatic N) is 3. The van der Waals surface area contributed by atoms with E-state index < -0.39 is 69.1 Å². The number of carbonyl (C=O) groups is 3. The van der Waals surface area contributed by atoms with Crippen LogP contribution in [0.4, 0.5) is 0 Å². The lowest BCUT2D eigenvalue weighted by Gasteiger charge is -2.58. The van der Waals surface area contributed by atoms with Gasteiger partial charge in [0, 0.05) is 6.42 Å². The Labute approximate surface area is 226 Å². The van der Waals surface area contributed by atoms with Gasteiger partial charge in [0.1, 0.15) is 22.8 Å². The Morgan fingerprint density at radius 3 is 2.31 bits per heavy atom. The van der Waals surface area contributed by atoms with Crippen LogP contribution in [0.2, 0.25) is 0 Å². The molecular weight excluding hydrogens is 504 g/mol. The molecule has 1 saturated carbocycles. The number of hydrogen-bond donors (Lipinski definition) is 6. The van der Waals surface area contributed by atoms with Gasteiger partial charge in [0.25, 0.3) is 5.91 Å². The number of nitrogens with two attached hydrogens (primary N) is 3. The molecule has 39 heavy (non-hydrogen) atoms. The molecule has 4 rings (SSSR count). The number of quaternary nitrogens is 1. The lowest BCUT2D eigenvalue weighted by molar-refractivity contribution is -0.870. The number of Topliss-reactive ketones (excluding diaryl/α,β-unsaturated/α-hetero) is 2. The normalized spacial score (nSPS) is 30.6. The van der Waals surface area contributed by atoms with Crippen LogP contribution >= 0.6 is 0 Å². The van der Waals surface area contributed by atoms with Crippen LogP contribution < -0.4 is 17.2 Å². The number of primary amides is 1. The van der Waals surface area contributed by atoms with E-state index in [0.29, 0.717) is 16.5 Å². The Morgan fingerprint density at radius 1 is 1.18 bits per heavy atom. The van der Waals surface area contributed by atoms with Gasteiger partial charge in [-0.15, -0.1) is 0 Å². The standard InChI is InChI=1S/C27H34N6O6/c1-32(2)21-20(36)17(24(29)39)22(37)26(12-28)23(38)18-19(35)16-14(10-25(18,30)11-27(21,26)31)13(6-7-15(16)34)8-9-33(3,4)5/h6-7,21H,8-11,30-31H2,1-5H3,(H4-,29,34,35,36,37,38,39)/p+1/t21-,25-,26+,27-/m1/s1. The molecule has 0 unspecified atom stereocenters. The number of phenolic OH excluding ortho intramolecular Hbond substituents is 1. The highest BCUT2D eigenvalue weighted by Gasteiger charge is 2.74. The average molecular weight is 540 g/mol. The molecule has 0 radical (unpaired) electrons. The number of aliphatic hydroxyl groups excluding tert-OH is 2. The second-order valence-electron chi connectivity index (χ2n) is 12.1. The van der Waals surface area contributed by atoms with Crippen LogP contribution in [-0.2, 0) is 27.2 Å². The molecule has 12 nitrogen and oxygen atoms in total. The average Bonchev–Trinajstić information content (AvgIpc) is 2.76. The SMILES string of the molecule is CN(C)[C@@H]1C(=O)C(C(N)=O)=C(O)[C@@]2(C#N)C(=O)C3=C(O)c4c(O)ccc(CC[N+](C)(C)C)c4C[C@@]3(N)C[C@@]12N. The van der Waals surface area contributed by atoms with E-state index in [9.17, 15) is 35.0 Å². The van der Waals surface area contributed by atoms with E-state index in [1.165, 1.54) is 25.1 Å². The number of phenols is 1. The van der Waals surface area contributed by atoms with Gasteiger partial charge in [0.15, 0.2) is 17.0 Å². The van der Waals surface area contributed by atoms with E-state index >= 15 is 0 Å². The van der Waals surface area contributed by atoms with Gasteiger partial charge in [0.2, 0.25) is 0 Å². The molecule has 1 aromatic carbocycles. The van der Waals surface area contributed by atoms with E-state index in [1.807, 2.05) is 21.1 Å². The number of ketones is 2. The molecule has 0 heterocycles. The molecule has 1 amide bonds. The maximum atomic E-state index is 14.3. The highest BCUT2D eigenvalue weighted by atomic mass is 16.3. The van der Waals surface area contributed by atoms with E-state index in [-0.39, 0.29) is 17.7 Å². The molecule has 0 aromatic heterocycles. The molecule has 12 heteroatoms. The summed E-state index contributed by atoms with van der Waals surface area (Å²) in [5.74, 6) is -5.53. The minimum Gasteiger partial charge on any atom is -0.509 e. The third kappa shape index (κ3) is 3.69. The zero-order valence-corrected chi connectivity index (χ0v) is 22.7. The maximum Gasteiger partial charge on any atom is 0.255 e. The number of carbonyl (C=O) groups excluding carboxylic acids is 3. The third-order valence-corrected chi connectivity index (χ3v) is 8.28. The van der Waals surface area contributed by atoms with Crippen molar-refractivity contribution >= 4 is 23.2 Å². The van der Waals surface area contributed by atoms with Gasteiger partial charge in [-0.1, -0.05) is 6.07 Å². The van der Waals surface area contributed by atoms with Crippen molar-refractivity contribution in [3.8, 4) is 11.8 Å². The number of hydrogen-bond acceptors (Lipinski definition) is 10. The molecule has 0 spiro atoms. The van der Waals surface area contributed by atoms with Gasteiger partial charge in [-0.25, -0.2) is 0 Å².